The van der Waals surface area contributed by atoms with Crippen molar-refractivity contribution >= 4 is 24.4 Å². The van der Waals surface area contributed by atoms with Crippen molar-refractivity contribution in [1.29, 1.82) is 5.26 Å². The monoisotopic (exact) mass is 356 g/mol. The molecule has 7 nitrogen and oxygen atoms in total. The number of halogens is 1. The molecule has 0 spiro atoms. The lowest BCUT2D eigenvalue weighted by Gasteiger charge is -2.22. The van der Waals surface area contributed by atoms with Crippen LogP contribution in [0.3, 0.4) is 0 Å². The first-order chi connectivity index (χ1) is 11.1. The van der Waals surface area contributed by atoms with Crippen molar-refractivity contribution in [2.75, 3.05) is 33.3 Å². The predicted molar refractivity (Wildman–Crippen MR) is 89.6 cm³/mol. The summed E-state index contributed by atoms with van der Waals surface area (Å²) in [6.45, 7) is 2.52. The molecule has 2 saturated heterocycles. The van der Waals surface area contributed by atoms with Gasteiger partial charge in [0, 0.05) is 25.7 Å². The second-order valence-electron chi connectivity index (χ2n) is 6.82. The van der Waals surface area contributed by atoms with Gasteiger partial charge in [-0.3, -0.25) is 4.79 Å². The topological polar surface area (TPSA) is 85.7 Å². The molecular formula is C16H25ClN4O3. The first-order valence-electron chi connectivity index (χ1n) is 8.37. The van der Waals surface area contributed by atoms with Crippen molar-refractivity contribution in [3.8, 4) is 6.07 Å². The molecule has 2 aliphatic heterocycles. The number of methoxy groups -OCH3 is 1. The van der Waals surface area contributed by atoms with Gasteiger partial charge in [0.05, 0.1) is 19.7 Å². The minimum Gasteiger partial charge on any atom is -0.453 e. The lowest BCUT2D eigenvalue weighted by molar-refractivity contribution is -0.130. The number of amides is 2. The molecule has 2 amide bonds. The zero-order valence-electron chi connectivity index (χ0n) is 13.9. The Labute approximate surface area is 148 Å². The molecule has 134 valence electrons. The molecular weight excluding hydrogens is 332 g/mol. The fourth-order valence-electron chi connectivity index (χ4n) is 4.28. The lowest BCUT2D eigenvalue weighted by Crippen LogP contribution is -2.43. The number of carbonyl (C=O) groups is 2. The van der Waals surface area contributed by atoms with Crippen LogP contribution in [-0.4, -0.2) is 67.2 Å². The van der Waals surface area contributed by atoms with E-state index in [9.17, 15) is 9.59 Å². The zero-order valence-corrected chi connectivity index (χ0v) is 14.8. The first-order valence-corrected chi connectivity index (χ1v) is 8.37. The van der Waals surface area contributed by atoms with Crippen molar-refractivity contribution < 1.29 is 14.3 Å². The Morgan fingerprint density at radius 3 is 2.54 bits per heavy atom. The zero-order chi connectivity index (χ0) is 16.4. The van der Waals surface area contributed by atoms with Crippen LogP contribution >= 0.6 is 12.4 Å². The number of fused-ring (bicyclic) bond motifs is 1. The maximum atomic E-state index is 12.2. The van der Waals surface area contributed by atoms with Crippen molar-refractivity contribution in [1.82, 2.24) is 15.1 Å². The number of nitrogens with one attached hydrogen (secondary N) is 1. The number of nitriles is 1. The number of ether oxygens (including phenoxy) is 1. The van der Waals surface area contributed by atoms with E-state index in [0.29, 0.717) is 31.0 Å². The normalized spacial score (nSPS) is 31.3. The third kappa shape index (κ3) is 3.76. The van der Waals surface area contributed by atoms with Crippen molar-refractivity contribution in [3.63, 3.8) is 0 Å². The molecule has 0 aromatic heterocycles. The molecule has 0 radical (unpaired) electrons. The molecule has 3 aliphatic rings. The van der Waals surface area contributed by atoms with Gasteiger partial charge in [-0.1, -0.05) is 0 Å². The number of carbonyl (C=O) groups excluding carboxylic acids is 2. The summed E-state index contributed by atoms with van der Waals surface area (Å²) in [5.74, 6) is 1.03. The summed E-state index contributed by atoms with van der Waals surface area (Å²) in [4.78, 5) is 27.3. The predicted octanol–water partition coefficient (Wildman–Crippen LogP) is 0.989. The van der Waals surface area contributed by atoms with Gasteiger partial charge in [-0.15, -0.1) is 12.4 Å². The van der Waals surface area contributed by atoms with Gasteiger partial charge in [-0.05, 0) is 37.5 Å². The van der Waals surface area contributed by atoms with Crippen LogP contribution in [0.25, 0.3) is 0 Å². The van der Waals surface area contributed by atoms with Gasteiger partial charge in [0.25, 0.3) is 0 Å². The number of likely N-dealkylation sites (tertiary alicyclic amines) is 2. The van der Waals surface area contributed by atoms with Gasteiger partial charge in [0.1, 0.15) is 6.04 Å². The Kier molecular flexibility index (Phi) is 6.30. The number of rotatable bonds is 3. The van der Waals surface area contributed by atoms with Crippen molar-refractivity contribution in [3.05, 3.63) is 0 Å². The van der Waals surface area contributed by atoms with Gasteiger partial charge in [-0.25, -0.2) is 4.79 Å². The first kappa shape index (κ1) is 18.8. The van der Waals surface area contributed by atoms with Crippen LogP contribution in [0.5, 0.6) is 0 Å². The summed E-state index contributed by atoms with van der Waals surface area (Å²) in [5.41, 5.74) is 0. The summed E-state index contributed by atoms with van der Waals surface area (Å²) in [6, 6.07) is 2.29. The van der Waals surface area contributed by atoms with Gasteiger partial charge in [-0.2, -0.15) is 5.26 Å². The van der Waals surface area contributed by atoms with E-state index in [-0.39, 0.29) is 30.4 Å². The summed E-state index contributed by atoms with van der Waals surface area (Å²) >= 11 is 0. The van der Waals surface area contributed by atoms with Crippen LogP contribution in [0.1, 0.15) is 25.7 Å². The van der Waals surface area contributed by atoms with Gasteiger partial charge >= 0.3 is 6.09 Å². The van der Waals surface area contributed by atoms with E-state index < -0.39 is 0 Å². The van der Waals surface area contributed by atoms with Gasteiger partial charge in [0.15, 0.2) is 0 Å². The maximum absolute atomic E-state index is 12.2. The smallest absolute Gasteiger partial charge is 0.409 e. The Bertz CT molecular complexity index is 510. The Balaban J connectivity index is 0.00000208. The van der Waals surface area contributed by atoms with Gasteiger partial charge < -0.3 is 19.9 Å². The number of hydrogen-bond acceptors (Lipinski definition) is 5. The Morgan fingerprint density at radius 2 is 1.96 bits per heavy atom. The highest BCUT2D eigenvalue weighted by Crippen LogP contribution is 2.38. The highest BCUT2D eigenvalue weighted by molar-refractivity contribution is 5.85. The van der Waals surface area contributed by atoms with Gasteiger partial charge in [0.2, 0.25) is 5.91 Å². The van der Waals surface area contributed by atoms with Crippen LogP contribution in [0.15, 0.2) is 0 Å². The molecule has 1 aliphatic carbocycles. The Hall–Kier alpha value is -1.52. The fraction of sp³-hybridized carbons (Fsp3) is 0.812. The van der Waals surface area contributed by atoms with Crippen molar-refractivity contribution in [2.24, 2.45) is 11.8 Å². The SMILES string of the molecule is COC(=O)N1C[C@H]2CC(NCC(=O)N3CCCC3C#N)C[C@H]2C1.Cl. The quantitative estimate of drug-likeness (QED) is 0.815. The maximum Gasteiger partial charge on any atom is 0.409 e. The molecule has 0 aromatic carbocycles. The second kappa shape index (κ2) is 8.04. The van der Waals surface area contributed by atoms with Crippen molar-refractivity contribution in [2.45, 2.75) is 37.8 Å². The molecule has 1 saturated carbocycles. The molecule has 4 atom stereocenters. The average molecular weight is 357 g/mol. The van der Waals surface area contributed by atoms with E-state index in [1.54, 1.807) is 9.80 Å². The van der Waals surface area contributed by atoms with E-state index >= 15 is 0 Å². The third-order valence-corrected chi connectivity index (χ3v) is 5.45. The van der Waals surface area contributed by atoms with E-state index in [1.807, 2.05) is 0 Å². The minimum atomic E-state index is -0.249. The van der Waals surface area contributed by atoms with E-state index in [1.165, 1.54) is 7.11 Å². The highest BCUT2D eigenvalue weighted by atomic mass is 35.5. The molecule has 8 heteroatoms. The summed E-state index contributed by atoms with van der Waals surface area (Å²) < 4.78 is 4.78. The Morgan fingerprint density at radius 1 is 1.29 bits per heavy atom. The molecule has 3 rings (SSSR count). The molecule has 0 bridgehead atoms. The van der Waals surface area contributed by atoms with Crippen LogP contribution in [-0.2, 0) is 9.53 Å². The molecule has 2 heterocycles. The molecule has 24 heavy (non-hydrogen) atoms. The van der Waals surface area contributed by atoms with Crippen LogP contribution in [0, 0.1) is 23.2 Å². The number of nitrogens with zero attached hydrogens (tertiary/aromatic N) is 3. The van der Waals surface area contributed by atoms with E-state index in [2.05, 4.69) is 11.4 Å². The van der Waals surface area contributed by atoms with Crippen LogP contribution in [0.4, 0.5) is 4.79 Å². The third-order valence-electron chi connectivity index (χ3n) is 5.45. The second-order valence-corrected chi connectivity index (χ2v) is 6.82. The van der Waals surface area contributed by atoms with Crippen LogP contribution < -0.4 is 5.32 Å². The average Bonchev–Trinajstić information content (AvgIpc) is 3.24. The minimum absolute atomic E-state index is 0. The number of hydrogen-bond donors (Lipinski definition) is 1. The highest BCUT2D eigenvalue weighted by Gasteiger charge is 2.42. The largest absolute Gasteiger partial charge is 0.453 e. The standard InChI is InChI=1S/C16H24N4O3.ClH/c1-23-16(22)19-9-11-5-13(6-12(11)10-19)18-8-15(21)20-4-2-3-14(20)7-17;/h11-14,18H,2-6,8-10H2,1H3;1H/t11-,12+,13?,14?;. The molecule has 3 fully saturated rings. The van der Waals surface area contributed by atoms with E-state index in [4.69, 9.17) is 10.00 Å². The summed E-state index contributed by atoms with van der Waals surface area (Å²) in [7, 11) is 1.42. The fourth-order valence-corrected chi connectivity index (χ4v) is 4.28. The molecule has 1 N–H and O–H groups in total. The molecule has 0 aromatic rings. The van der Waals surface area contributed by atoms with E-state index in [0.717, 1.165) is 38.8 Å². The lowest BCUT2D eigenvalue weighted by atomic mass is 10.0. The van der Waals surface area contributed by atoms with Crippen LogP contribution in [0.2, 0.25) is 0 Å². The summed E-state index contributed by atoms with van der Waals surface area (Å²) in [6.07, 6.45) is 3.45. The summed E-state index contributed by atoms with van der Waals surface area (Å²) in [5, 5.41) is 12.4. The molecule has 2 unspecified atom stereocenters.